The van der Waals surface area contributed by atoms with E-state index in [-0.39, 0.29) is 38.8 Å². The maximum atomic E-state index is 14.5. The number of fused-ring (bicyclic) bond motifs is 1. The zero-order valence-corrected chi connectivity index (χ0v) is 23.3. The molecule has 1 N–H and O–H groups in total. The molecule has 0 bridgehead atoms. The van der Waals surface area contributed by atoms with E-state index in [9.17, 15) is 18.0 Å². The summed E-state index contributed by atoms with van der Waals surface area (Å²) in [5, 5.41) is 11.1. The maximum absolute atomic E-state index is 14.5. The van der Waals surface area contributed by atoms with E-state index in [1.807, 2.05) is 20.8 Å². The Bertz CT molecular complexity index is 1460. The Kier molecular flexibility index (Phi) is 8.08. The van der Waals surface area contributed by atoms with Crippen molar-refractivity contribution >= 4 is 63.4 Å². The van der Waals surface area contributed by atoms with Gasteiger partial charge in [0.2, 0.25) is 0 Å². The molecule has 0 saturated heterocycles. The van der Waals surface area contributed by atoms with Crippen LogP contribution in [-0.4, -0.2) is 36.2 Å². The molecule has 0 radical (unpaired) electrons. The Morgan fingerprint density at radius 1 is 1.10 bits per heavy atom. The minimum atomic E-state index is -4.87. The Hall–Kier alpha value is -3.01. The number of hydrogen-bond acceptors (Lipinski definition) is 5. The number of nitrogens with zero attached hydrogens (tertiary/aromatic N) is 2. The van der Waals surface area contributed by atoms with Gasteiger partial charge in [0.05, 0.1) is 33.5 Å². The molecule has 0 spiro atoms. The normalized spacial score (nSPS) is 17.8. The van der Waals surface area contributed by atoms with E-state index in [4.69, 9.17) is 44.5 Å². The first kappa shape index (κ1) is 29.0. The Labute approximate surface area is 237 Å². The third-order valence-electron chi connectivity index (χ3n) is 5.87. The van der Waals surface area contributed by atoms with Gasteiger partial charge in [-0.3, -0.25) is 4.79 Å². The summed E-state index contributed by atoms with van der Waals surface area (Å²) >= 11 is 18.0. The zero-order chi connectivity index (χ0) is 28.6. The molecule has 0 fully saturated rings. The lowest BCUT2D eigenvalue weighted by Crippen LogP contribution is -2.42. The first-order chi connectivity index (χ1) is 18.2. The summed E-state index contributed by atoms with van der Waals surface area (Å²) in [6.07, 6.45) is -4.09. The summed E-state index contributed by atoms with van der Waals surface area (Å²) in [6, 6.07) is 12.1. The molecule has 6 nitrogen and oxygen atoms in total. The lowest BCUT2D eigenvalue weighted by Gasteiger charge is -2.30. The van der Waals surface area contributed by atoms with Crippen molar-refractivity contribution < 1.29 is 27.6 Å². The highest BCUT2D eigenvalue weighted by molar-refractivity contribution is 6.48. The van der Waals surface area contributed by atoms with E-state index < -0.39 is 23.8 Å². The highest BCUT2D eigenvalue weighted by Gasteiger charge is 2.62. The van der Waals surface area contributed by atoms with Crippen molar-refractivity contribution in [2.75, 3.05) is 6.54 Å². The second kappa shape index (κ2) is 10.9. The highest BCUT2D eigenvalue weighted by Crippen LogP contribution is 2.51. The van der Waals surface area contributed by atoms with Crippen LogP contribution in [0.4, 0.5) is 13.2 Å². The van der Waals surface area contributed by atoms with E-state index in [2.05, 4.69) is 15.6 Å². The van der Waals surface area contributed by atoms with Gasteiger partial charge in [0, 0.05) is 23.1 Å². The lowest BCUT2D eigenvalue weighted by molar-refractivity contribution is -0.275. The van der Waals surface area contributed by atoms with E-state index in [0.717, 1.165) is 12.1 Å². The number of alkyl halides is 3. The van der Waals surface area contributed by atoms with E-state index in [0.29, 0.717) is 21.9 Å². The molecule has 3 aromatic rings. The van der Waals surface area contributed by atoms with Crippen molar-refractivity contribution in [2.24, 2.45) is 10.3 Å². The van der Waals surface area contributed by atoms with Crippen LogP contribution in [0.25, 0.3) is 10.8 Å². The third kappa shape index (κ3) is 5.95. The van der Waals surface area contributed by atoms with Crippen molar-refractivity contribution in [3.05, 3.63) is 80.3 Å². The number of oxime groups is 2. The summed E-state index contributed by atoms with van der Waals surface area (Å²) in [7, 11) is 0. The molecule has 3 aromatic carbocycles. The molecule has 1 amide bonds. The number of amides is 1. The van der Waals surface area contributed by atoms with Crippen LogP contribution in [-0.2, 0) is 15.3 Å². The molecule has 12 heteroatoms. The fraction of sp³-hybridized carbons (Fsp3) is 0.296. The largest absolute Gasteiger partial charge is 0.435 e. The summed E-state index contributed by atoms with van der Waals surface area (Å²) in [4.78, 5) is 23.3. The van der Waals surface area contributed by atoms with Crippen molar-refractivity contribution in [1.82, 2.24) is 5.32 Å². The van der Waals surface area contributed by atoms with Gasteiger partial charge in [-0.05, 0) is 49.7 Å². The molecule has 1 aliphatic heterocycles. The average Bonchev–Trinajstić information content (AvgIpc) is 3.32. The predicted octanol–water partition coefficient (Wildman–Crippen LogP) is 7.91. The molecule has 4 rings (SSSR count). The second-order valence-electron chi connectivity index (χ2n) is 9.79. The van der Waals surface area contributed by atoms with E-state index in [1.54, 1.807) is 30.3 Å². The smallest absolute Gasteiger partial charge is 0.390 e. The van der Waals surface area contributed by atoms with Crippen LogP contribution in [0.2, 0.25) is 15.1 Å². The van der Waals surface area contributed by atoms with Gasteiger partial charge in [-0.15, -0.1) is 0 Å². The summed E-state index contributed by atoms with van der Waals surface area (Å²) < 4.78 is 43.5. The standard InChI is InChI=1S/C27H23Cl3F3N3O3/c1-25(2,3)38-35-11-10-34-24(37)19-9-8-18(16-6-4-5-7-17(16)19)22-14-26(39-36-22,27(31,32)33)15-12-20(28)23(30)21(29)13-15/h4-9,11-13H,10,14H2,1-3H3,(H,34,37). The molecule has 1 aliphatic rings. The second-order valence-corrected chi connectivity index (χ2v) is 11.0. The van der Waals surface area contributed by atoms with Crippen LogP contribution < -0.4 is 5.32 Å². The van der Waals surface area contributed by atoms with Crippen LogP contribution >= 0.6 is 34.8 Å². The van der Waals surface area contributed by atoms with E-state index in [1.165, 1.54) is 12.3 Å². The van der Waals surface area contributed by atoms with Crippen molar-refractivity contribution in [2.45, 2.75) is 44.6 Å². The molecule has 1 unspecified atom stereocenters. The van der Waals surface area contributed by atoms with Gasteiger partial charge in [-0.2, -0.15) is 13.2 Å². The maximum Gasteiger partial charge on any atom is 0.435 e. The predicted molar refractivity (Wildman–Crippen MR) is 147 cm³/mol. The number of benzene rings is 3. The number of nitrogens with one attached hydrogen (secondary N) is 1. The molecule has 39 heavy (non-hydrogen) atoms. The highest BCUT2D eigenvalue weighted by atomic mass is 35.5. The molecule has 0 saturated carbocycles. The minimum absolute atomic E-state index is 0.0455. The van der Waals surface area contributed by atoms with Crippen LogP contribution in [0.5, 0.6) is 0 Å². The number of carbonyl (C=O) groups excluding carboxylic acids is 1. The fourth-order valence-corrected chi connectivity index (χ4v) is 4.65. The SMILES string of the molecule is CC(C)(C)ON=CCNC(=O)c1ccc(C2=NOC(c3cc(Cl)c(Cl)c(Cl)c3)(C(F)(F)F)C2)c2ccccc12. The Morgan fingerprint density at radius 2 is 1.74 bits per heavy atom. The van der Waals surface area contributed by atoms with Crippen LogP contribution in [0.15, 0.2) is 58.8 Å². The Balaban J connectivity index is 1.65. The first-order valence-electron chi connectivity index (χ1n) is 11.7. The van der Waals surface area contributed by atoms with Gasteiger partial charge in [-0.1, -0.05) is 75.4 Å². The van der Waals surface area contributed by atoms with Gasteiger partial charge in [0.25, 0.3) is 11.5 Å². The molecule has 0 aromatic heterocycles. The minimum Gasteiger partial charge on any atom is -0.390 e. The van der Waals surface area contributed by atoms with Gasteiger partial charge in [-0.25, -0.2) is 0 Å². The van der Waals surface area contributed by atoms with Crippen molar-refractivity contribution in [1.29, 1.82) is 0 Å². The number of rotatable bonds is 6. The number of hydrogen-bond donors (Lipinski definition) is 1. The first-order valence-corrected chi connectivity index (χ1v) is 12.8. The Morgan fingerprint density at radius 3 is 2.36 bits per heavy atom. The van der Waals surface area contributed by atoms with Crippen LogP contribution in [0, 0.1) is 0 Å². The van der Waals surface area contributed by atoms with Gasteiger partial charge in [0.1, 0.15) is 5.60 Å². The van der Waals surface area contributed by atoms with E-state index >= 15 is 0 Å². The molecule has 1 heterocycles. The van der Waals surface area contributed by atoms with Crippen LogP contribution in [0.3, 0.4) is 0 Å². The quantitative estimate of drug-likeness (QED) is 0.178. The molecular formula is C27H23Cl3F3N3O3. The van der Waals surface area contributed by atoms with Crippen molar-refractivity contribution in [3.63, 3.8) is 0 Å². The fourth-order valence-electron chi connectivity index (χ4n) is 4.05. The van der Waals surface area contributed by atoms with Crippen molar-refractivity contribution in [3.8, 4) is 0 Å². The molecule has 0 aliphatic carbocycles. The zero-order valence-electron chi connectivity index (χ0n) is 21.0. The molecular weight excluding hydrogens is 578 g/mol. The lowest BCUT2D eigenvalue weighted by atomic mass is 9.85. The van der Waals surface area contributed by atoms with Gasteiger partial charge >= 0.3 is 6.18 Å². The number of carbonyl (C=O) groups is 1. The van der Waals surface area contributed by atoms with Gasteiger partial charge < -0.3 is 15.0 Å². The third-order valence-corrected chi connectivity index (χ3v) is 7.07. The summed E-state index contributed by atoms with van der Waals surface area (Å²) in [5.74, 6) is -0.389. The average molecular weight is 601 g/mol. The number of halogens is 6. The molecule has 206 valence electrons. The summed E-state index contributed by atoms with van der Waals surface area (Å²) in [5.41, 5.74) is -2.85. The van der Waals surface area contributed by atoms with Gasteiger partial charge in [0.15, 0.2) is 0 Å². The molecule has 1 atom stereocenters. The van der Waals surface area contributed by atoms with Crippen LogP contribution in [0.1, 0.15) is 48.7 Å². The topological polar surface area (TPSA) is 72.3 Å². The summed E-state index contributed by atoms with van der Waals surface area (Å²) in [6.45, 7) is 5.64. The monoisotopic (exact) mass is 599 g/mol.